The van der Waals surface area contributed by atoms with E-state index in [4.69, 9.17) is 0 Å². The Balaban J connectivity index is 1.72. The highest BCUT2D eigenvalue weighted by atomic mass is 19.3. The molecular weight excluding hydrogens is 292 g/mol. The normalized spacial score (nSPS) is 11.1. The first-order valence-corrected chi connectivity index (χ1v) is 6.57. The molecule has 6 nitrogen and oxygen atoms in total. The fraction of sp³-hybridized carbons (Fsp3) is 0.214. The zero-order valence-electron chi connectivity index (χ0n) is 11.7. The Labute approximate surface area is 124 Å². The lowest BCUT2D eigenvalue weighted by Crippen LogP contribution is -2.07. The minimum Gasteiger partial charge on any atom is -0.435 e. The number of rotatable bonds is 5. The van der Waals surface area contributed by atoms with Crippen LogP contribution in [0.25, 0.3) is 5.78 Å². The van der Waals surface area contributed by atoms with Crippen molar-refractivity contribution in [3.8, 4) is 5.75 Å². The minimum atomic E-state index is -2.82. The number of aryl methyl sites for hydroxylation is 1. The van der Waals surface area contributed by atoms with Crippen molar-refractivity contribution in [1.82, 2.24) is 19.6 Å². The molecule has 0 aliphatic heterocycles. The summed E-state index contributed by atoms with van der Waals surface area (Å²) < 4.78 is 30.1. The van der Waals surface area contributed by atoms with E-state index in [1.165, 1.54) is 18.5 Å². The average Bonchev–Trinajstić information content (AvgIpc) is 2.93. The largest absolute Gasteiger partial charge is 0.435 e. The zero-order valence-corrected chi connectivity index (χ0v) is 11.7. The van der Waals surface area contributed by atoms with Crippen molar-refractivity contribution in [1.29, 1.82) is 0 Å². The Morgan fingerprint density at radius 3 is 2.77 bits per heavy atom. The highest BCUT2D eigenvalue weighted by Crippen LogP contribution is 2.16. The van der Waals surface area contributed by atoms with Crippen molar-refractivity contribution in [2.24, 2.45) is 0 Å². The van der Waals surface area contributed by atoms with Crippen molar-refractivity contribution >= 4 is 11.6 Å². The molecular formula is C14H13F2N5O. The number of anilines is 1. The van der Waals surface area contributed by atoms with E-state index in [2.05, 4.69) is 25.1 Å². The molecule has 0 radical (unpaired) electrons. The van der Waals surface area contributed by atoms with Gasteiger partial charge in [0.05, 0.1) is 0 Å². The van der Waals surface area contributed by atoms with Crippen molar-refractivity contribution in [2.75, 3.05) is 5.32 Å². The van der Waals surface area contributed by atoms with Gasteiger partial charge in [0.1, 0.15) is 17.9 Å². The van der Waals surface area contributed by atoms with Gasteiger partial charge in [0.25, 0.3) is 5.78 Å². The fourth-order valence-electron chi connectivity index (χ4n) is 2.04. The summed E-state index contributed by atoms with van der Waals surface area (Å²) in [6.45, 7) is -0.437. The topological polar surface area (TPSA) is 64.3 Å². The van der Waals surface area contributed by atoms with E-state index in [0.717, 1.165) is 17.1 Å². The summed E-state index contributed by atoms with van der Waals surface area (Å²) >= 11 is 0. The molecule has 0 atom stereocenters. The monoisotopic (exact) mass is 305 g/mol. The van der Waals surface area contributed by atoms with Gasteiger partial charge in [0.2, 0.25) is 0 Å². The van der Waals surface area contributed by atoms with Crippen LogP contribution in [0.15, 0.2) is 36.7 Å². The molecule has 0 bridgehead atoms. The molecule has 0 spiro atoms. The number of hydrogen-bond donors (Lipinski definition) is 1. The molecule has 1 aromatic carbocycles. The van der Waals surface area contributed by atoms with Crippen LogP contribution < -0.4 is 10.1 Å². The van der Waals surface area contributed by atoms with Gasteiger partial charge in [-0.15, -0.1) is 0 Å². The third kappa shape index (κ3) is 3.11. The van der Waals surface area contributed by atoms with E-state index in [9.17, 15) is 8.78 Å². The molecule has 2 heterocycles. The number of aromatic nitrogens is 4. The van der Waals surface area contributed by atoms with Crippen LogP contribution in [0.3, 0.4) is 0 Å². The first-order chi connectivity index (χ1) is 10.6. The summed E-state index contributed by atoms with van der Waals surface area (Å²) in [4.78, 5) is 8.30. The van der Waals surface area contributed by atoms with Gasteiger partial charge in [-0.05, 0) is 24.6 Å². The van der Waals surface area contributed by atoms with Gasteiger partial charge in [-0.1, -0.05) is 12.1 Å². The lowest BCUT2D eigenvalue weighted by Gasteiger charge is -2.09. The first-order valence-electron chi connectivity index (χ1n) is 6.57. The van der Waals surface area contributed by atoms with E-state index in [0.29, 0.717) is 12.3 Å². The number of nitrogens with one attached hydrogen (secondary N) is 1. The molecule has 0 saturated heterocycles. The zero-order chi connectivity index (χ0) is 15.5. The van der Waals surface area contributed by atoms with Gasteiger partial charge in [-0.25, -0.2) is 4.98 Å². The van der Waals surface area contributed by atoms with Crippen LogP contribution in [0.1, 0.15) is 11.3 Å². The highest BCUT2D eigenvalue weighted by Gasteiger charge is 2.06. The molecule has 8 heteroatoms. The van der Waals surface area contributed by atoms with Crippen LogP contribution in [-0.4, -0.2) is 26.2 Å². The van der Waals surface area contributed by atoms with Crippen LogP contribution in [-0.2, 0) is 6.54 Å². The number of nitrogens with zero attached hydrogens (tertiary/aromatic N) is 4. The maximum Gasteiger partial charge on any atom is 0.387 e. The molecule has 3 rings (SSSR count). The second kappa shape index (κ2) is 5.92. The molecule has 2 aromatic heterocycles. The second-order valence-corrected chi connectivity index (χ2v) is 4.63. The van der Waals surface area contributed by atoms with Crippen LogP contribution in [0.5, 0.6) is 5.75 Å². The third-order valence-electron chi connectivity index (χ3n) is 3.00. The Bertz CT molecular complexity index is 773. The van der Waals surface area contributed by atoms with Crippen molar-refractivity contribution < 1.29 is 13.5 Å². The van der Waals surface area contributed by atoms with Gasteiger partial charge < -0.3 is 10.1 Å². The van der Waals surface area contributed by atoms with Gasteiger partial charge in [0, 0.05) is 18.3 Å². The number of benzene rings is 1. The Hall–Kier alpha value is -2.77. The summed E-state index contributed by atoms with van der Waals surface area (Å²) in [5, 5.41) is 7.32. The maximum atomic E-state index is 12.1. The van der Waals surface area contributed by atoms with E-state index < -0.39 is 6.61 Å². The summed E-state index contributed by atoms with van der Waals surface area (Å²) in [5.74, 6) is 1.41. The summed E-state index contributed by atoms with van der Waals surface area (Å²) in [7, 11) is 0. The second-order valence-electron chi connectivity index (χ2n) is 4.63. The standard InChI is InChI=1S/C14H13F2N5O/c1-9-6-12(21-14(20-9)18-8-19-21)17-7-10-2-4-11(5-3-10)22-13(15)16/h2-6,8,13,17H,7H2,1H3. The number of halogens is 2. The quantitative estimate of drug-likeness (QED) is 0.785. The molecule has 0 aliphatic rings. The van der Waals surface area contributed by atoms with Crippen LogP contribution >= 0.6 is 0 Å². The minimum absolute atomic E-state index is 0.136. The van der Waals surface area contributed by atoms with Gasteiger partial charge in [-0.2, -0.15) is 23.4 Å². The van der Waals surface area contributed by atoms with Crippen LogP contribution in [0.4, 0.5) is 14.6 Å². The van der Waals surface area contributed by atoms with Crippen molar-refractivity contribution in [3.05, 3.63) is 47.9 Å². The predicted molar refractivity (Wildman–Crippen MR) is 75.9 cm³/mol. The van der Waals surface area contributed by atoms with E-state index in [-0.39, 0.29) is 5.75 Å². The molecule has 0 aliphatic carbocycles. The van der Waals surface area contributed by atoms with Gasteiger partial charge in [-0.3, -0.25) is 0 Å². The van der Waals surface area contributed by atoms with E-state index in [1.807, 2.05) is 13.0 Å². The average molecular weight is 305 g/mol. The molecule has 0 unspecified atom stereocenters. The summed E-state index contributed by atoms with van der Waals surface area (Å²) in [6.07, 6.45) is 1.43. The lowest BCUT2D eigenvalue weighted by molar-refractivity contribution is -0.0498. The summed E-state index contributed by atoms with van der Waals surface area (Å²) in [6, 6.07) is 8.31. The number of ether oxygens (including phenoxy) is 1. The third-order valence-corrected chi connectivity index (χ3v) is 3.00. The van der Waals surface area contributed by atoms with Crippen LogP contribution in [0, 0.1) is 6.92 Å². The van der Waals surface area contributed by atoms with E-state index in [1.54, 1.807) is 16.6 Å². The molecule has 0 amide bonds. The molecule has 114 valence electrons. The number of alkyl halides is 2. The molecule has 0 saturated carbocycles. The summed E-state index contributed by atoms with van der Waals surface area (Å²) in [5.41, 5.74) is 1.74. The van der Waals surface area contributed by atoms with Gasteiger partial charge in [0.15, 0.2) is 0 Å². The van der Waals surface area contributed by atoms with Crippen LogP contribution in [0.2, 0.25) is 0 Å². The van der Waals surface area contributed by atoms with Crippen molar-refractivity contribution in [3.63, 3.8) is 0 Å². The smallest absolute Gasteiger partial charge is 0.387 e. The predicted octanol–water partition coefficient (Wildman–Crippen LogP) is 2.65. The SMILES string of the molecule is Cc1cc(NCc2ccc(OC(F)F)cc2)n2ncnc2n1. The van der Waals surface area contributed by atoms with Crippen molar-refractivity contribution in [2.45, 2.75) is 20.1 Å². The van der Waals surface area contributed by atoms with E-state index >= 15 is 0 Å². The molecule has 0 fully saturated rings. The number of hydrogen-bond acceptors (Lipinski definition) is 5. The molecule has 22 heavy (non-hydrogen) atoms. The van der Waals surface area contributed by atoms with Gasteiger partial charge >= 0.3 is 6.61 Å². The molecule has 1 N–H and O–H groups in total. The lowest BCUT2D eigenvalue weighted by atomic mass is 10.2. The number of fused-ring (bicyclic) bond motifs is 1. The first kappa shape index (κ1) is 14.2. The Morgan fingerprint density at radius 1 is 1.27 bits per heavy atom. The maximum absolute atomic E-state index is 12.1. The highest BCUT2D eigenvalue weighted by molar-refractivity contribution is 5.45. The Morgan fingerprint density at radius 2 is 2.05 bits per heavy atom. The molecule has 3 aromatic rings. The fourth-order valence-corrected chi connectivity index (χ4v) is 2.04. The Kier molecular flexibility index (Phi) is 3.82.